The van der Waals surface area contributed by atoms with Crippen LogP contribution >= 0.6 is 11.8 Å². The number of rotatable bonds is 6. The van der Waals surface area contributed by atoms with E-state index in [0.717, 1.165) is 0 Å². The molecular formula is C10H16N2O3S. The summed E-state index contributed by atoms with van der Waals surface area (Å²) >= 11 is 1.21. The van der Waals surface area contributed by atoms with Crippen LogP contribution in [0.3, 0.4) is 0 Å². The molecule has 1 N–H and O–H groups in total. The average molecular weight is 244 g/mol. The van der Waals surface area contributed by atoms with Gasteiger partial charge in [-0.3, -0.25) is 4.79 Å². The fraction of sp³-hybridized carbons (Fsp3) is 0.600. The lowest BCUT2D eigenvalue weighted by Crippen LogP contribution is -2.31. The van der Waals surface area contributed by atoms with E-state index >= 15 is 0 Å². The zero-order valence-corrected chi connectivity index (χ0v) is 10.5. The molecule has 0 atom stereocenters. The lowest BCUT2D eigenvalue weighted by molar-refractivity contribution is -0.133. The maximum Gasteiger partial charge on any atom is 0.313 e. The van der Waals surface area contributed by atoms with Crippen molar-refractivity contribution in [2.24, 2.45) is 0 Å². The largest absolute Gasteiger partial charge is 0.481 e. The van der Waals surface area contributed by atoms with Crippen molar-refractivity contribution in [1.82, 2.24) is 9.55 Å². The van der Waals surface area contributed by atoms with Gasteiger partial charge in [0.2, 0.25) is 0 Å². The number of aromatic nitrogens is 2. The molecule has 0 fully saturated rings. The van der Waals surface area contributed by atoms with Gasteiger partial charge in [-0.1, -0.05) is 11.8 Å². The van der Waals surface area contributed by atoms with Crippen molar-refractivity contribution in [3.8, 4) is 0 Å². The van der Waals surface area contributed by atoms with Crippen LogP contribution in [0.25, 0.3) is 0 Å². The molecule has 0 bridgehead atoms. The molecule has 0 unspecified atom stereocenters. The summed E-state index contributed by atoms with van der Waals surface area (Å²) in [5.41, 5.74) is -0.230. The minimum Gasteiger partial charge on any atom is -0.481 e. The molecular weight excluding hydrogens is 228 g/mol. The monoisotopic (exact) mass is 244 g/mol. The molecule has 1 aromatic heterocycles. The Morgan fingerprint density at radius 3 is 2.94 bits per heavy atom. The SMILES string of the molecule is COCC(C)(C)n1ccnc1SCC(=O)O. The second-order valence-electron chi connectivity index (χ2n) is 4.01. The number of aliphatic carboxylic acids is 1. The highest BCUT2D eigenvalue weighted by atomic mass is 32.2. The van der Waals surface area contributed by atoms with Gasteiger partial charge in [0.05, 0.1) is 17.9 Å². The van der Waals surface area contributed by atoms with Crippen LogP contribution in [0.5, 0.6) is 0 Å². The molecule has 1 aromatic rings. The smallest absolute Gasteiger partial charge is 0.313 e. The van der Waals surface area contributed by atoms with Gasteiger partial charge in [0.1, 0.15) is 0 Å². The van der Waals surface area contributed by atoms with Gasteiger partial charge in [-0.25, -0.2) is 4.98 Å². The predicted molar refractivity (Wildman–Crippen MR) is 61.8 cm³/mol. The first-order valence-electron chi connectivity index (χ1n) is 4.85. The Morgan fingerprint density at radius 1 is 1.69 bits per heavy atom. The molecule has 0 saturated carbocycles. The fourth-order valence-corrected chi connectivity index (χ4v) is 2.24. The molecule has 0 saturated heterocycles. The van der Waals surface area contributed by atoms with E-state index in [0.29, 0.717) is 11.8 Å². The molecule has 0 aliphatic rings. The number of carboxylic acid groups (broad SMARTS) is 1. The zero-order chi connectivity index (χ0) is 12.2. The van der Waals surface area contributed by atoms with E-state index < -0.39 is 5.97 Å². The minimum absolute atomic E-state index is 0.0140. The first-order chi connectivity index (χ1) is 7.47. The first-order valence-corrected chi connectivity index (χ1v) is 5.83. The normalized spacial score (nSPS) is 11.7. The number of ether oxygens (including phenoxy) is 1. The van der Waals surface area contributed by atoms with Crippen LogP contribution in [0.15, 0.2) is 17.6 Å². The summed E-state index contributed by atoms with van der Waals surface area (Å²) in [6.07, 6.45) is 3.50. The summed E-state index contributed by atoms with van der Waals surface area (Å²) in [7, 11) is 1.64. The molecule has 5 nitrogen and oxygen atoms in total. The zero-order valence-electron chi connectivity index (χ0n) is 9.64. The quantitative estimate of drug-likeness (QED) is 0.767. The van der Waals surface area contributed by atoms with Crippen LogP contribution in [0, 0.1) is 0 Å². The minimum atomic E-state index is -0.843. The number of carboxylic acids is 1. The number of imidazole rings is 1. The Labute approximate surface area is 98.8 Å². The second-order valence-corrected chi connectivity index (χ2v) is 4.95. The van der Waals surface area contributed by atoms with Gasteiger partial charge < -0.3 is 14.4 Å². The highest BCUT2D eigenvalue weighted by molar-refractivity contribution is 7.99. The van der Waals surface area contributed by atoms with Crippen LogP contribution < -0.4 is 0 Å². The molecule has 0 aliphatic heterocycles. The van der Waals surface area contributed by atoms with E-state index in [1.807, 2.05) is 24.6 Å². The molecule has 0 aliphatic carbocycles. The number of thioether (sulfide) groups is 1. The average Bonchev–Trinajstić information content (AvgIpc) is 2.62. The van der Waals surface area contributed by atoms with E-state index in [4.69, 9.17) is 9.84 Å². The van der Waals surface area contributed by atoms with Crippen molar-refractivity contribution in [1.29, 1.82) is 0 Å². The topological polar surface area (TPSA) is 64.4 Å². The molecule has 16 heavy (non-hydrogen) atoms. The van der Waals surface area contributed by atoms with Crippen LogP contribution in [0.4, 0.5) is 0 Å². The van der Waals surface area contributed by atoms with Crippen molar-refractivity contribution >= 4 is 17.7 Å². The van der Waals surface area contributed by atoms with Gasteiger partial charge in [0, 0.05) is 19.5 Å². The Balaban J connectivity index is 2.80. The van der Waals surface area contributed by atoms with Gasteiger partial charge in [-0.05, 0) is 13.8 Å². The van der Waals surface area contributed by atoms with Crippen molar-refractivity contribution in [3.05, 3.63) is 12.4 Å². The predicted octanol–water partition coefficient (Wildman–Crippen LogP) is 1.44. The van der Waals surface area contributed by atoms with E-state index in [1.165, 1.54) is 11.8 Å². The molecule has 0 aromatic carbocycles. The lowest BCUT2D eigenvalue weighted by atomic mass is 10.1. The van der Waals surface area contributed by atoms with Crippen molar-refractivity contribution in [2.45, 2.75) is 24.5 Å². The highest BCUT2D eigenvalue weighted by Gasteiger charge is 2.23. The molecule has 6 heteroatoms. The summed E-state index contributed by atoms with van der Waals surface area (Å²) in [6.45, 7) is 4.58. The van der Waals surface area contributed by atoms with Gasteiger partial charge in [0.25, 0.3) is 0 Å². The van der Waals surface area contributed by atoms with Gasteiger partial charge in [-0.2, -0.15) is 0 Å². The van der Waals surface area contributed by atoms with Gasteiger partial charge in [-0.15, -0.1) is 0 Å². The summed E-state index contributed by atoms with van der Waals surface area (Å²) in [5, 5.41) is 9.33. The Kier molecular flexibility index (Phi) is 4.37. The third-order valence-corrected chi connectivity index (χ3v) is 3.03. The third kappa shape index (κ3) is 3.24. The molecule has 0 spiro atoms. The maximum absolute atomic E-state index is 10.5. The fourth-order valence-electron chi connectivity index (χ4n) is 1.41. The molecule has 0 amide bonds. The molecule has 0 radical (unpaired) electrons. The number of hydrogen-bond acceptors (Lipinski definition) is 4. The van der Waals surface area contributed by atoms with Gasteiger partial charge in [0.15, 0.2) is 5.16 Å². The van der Waals surface area contributed by atoms with E-state index in [2.05, 4.69) is 4.98 Å². The Bertz CT molecular complexity index is 363. The molecule has 1 heterocycles. The van der Waals surface area contributed by atoms with Crippen LogP contribution in [0.2, 0.25) is 0 Å². The number of hydrogen-bond donors (Lipinski definition) is 1. The summed E-state index contributed by atoms with van der Waals surface area (Å²) < 4.78 is 7.07. The van der Waals surface area contributed by atoms with E-state index in [9.17, 15) is 4.79 Å². The van der Waals surface area contributed by atoms with E-state index in [-0.39, 0.29) is 11.3 Å². The summed E-state index contributed by atoms with van der Waals surface area (Å²) in [6, 6.07) is 0. The summed E-state index contributed by atoms with van der Waals surface area (Å²) in [4.78, 5) is 14.6. The lowest BCUT2D eigenvalue weighted by Gasteiger charge is -2.27. The number of methoxy groups -OCH3 is 1. The number of nitrogens with zero attached hydrogens (tertiary/aromatic N) is 2. The van der Waals surface area contributed by atoms with E-state index in [1.54, 1.807) is 13.3 Å². The Morgan fingerprint density at radius 2 is 2.38 bits per heavy atom. The maximum atomic E-state index is 10.5. The molecule has 1 rings (SSSR count). The molecule has 90 valence electrons. The highest BCUT2D eigenvalue weighted by Crippen LogP contribution is 2.24. The van der Waals surface area contributed by atoms with Gasteiger partial charge >= 0.3 is 5.97 Å². The standard InChI is InChI=1S/C10H16N2O3S/c1-10(2,7-15-3)12-5-4-11-9(12)16-6-8(13)14/h4-5H,6-7H2,1-3H3,(H,13,14). The van der Waals surface area contributed by atoms with Crippen molar-refractivity contribution in [2.75, 3.05) is 19.5 Å². The van der Waals surface area contributed by atoms with Crippen molar-refractivity contribution < 1.29 is 14.6 Å². The number of carbonyl (C=O) groups is 1. The van der Waals surface area contributed by atoms with Crippen LogP contribution in [-0.2, 0) is 15.1 Å². The Hall–Kier alpha value is -1.01. The van der Waals surface area contributed by atoms with Crippen LogP contribution in [0.1, 0.15) is 13.8 Å². The van der Waals surface area contributed by atoms with Crippen LogP contribution in [-0.4, -0.2) is 40.1 Å². The second kappa shape index (κ2) is 5.36. The summed E-state index contributed by atoms with van der Waals surface area (Å²) in [5.74, 6) is -0.829. The van der Waals surface area contributed by atoms with Crippen molar-refractivity contribution in [3.63, 3.8) is 0 Å². The third-order valence-electron chi connectivity index (χ3n) is 2.08. The first kappa shape index (κ1) is 13.1.